The minimum atomic E-state index is -0.355. The zero-order valence-corrected chi connectivity index (χ0v) is 21.7. The van der Waals surface area contributed by atoms with Crippen LogP contribution in [0.25, 0.3) is 0 Å². The minimum absolute atomic E-state index is 0.0541. The van der Waals surface area contributed by atoms with Gasteiger partial charge in [0.25, 0.3) is 0 Å². The van der Waals surface area contributed by atoms with Crippen molar-refractivity contribution in [3.8, 4) is 5.75 Å². The molecule has 0 saturated heterocycles. The van der Waals surface area contributed by atoms with Crippen LogP contribution in [0.2, 0.25) is 0 Å². The Bertz CT molecular complexity index is 1080. The van der Waals surface area contributed by atoms with Crippen molar-refractivity contribution in [3.05, 3.63) is 46.5 Å². The summed E-state index contributed by atoms with van der Waals surface area (Å²) in [5, 5.41) is 20.6. The first-order valence-electron chi connectivity index (χ1n) is 11.9. The predicted molar refractivity (Wildman–Crippen MR) is 143 cm³/mol. The van der Waals surface area contributed by atoms with E-state index in [0.29, 0.717) is 47.8 Å². The van der Waals surface area contributed by atoms with Crippen LogP contribution in [0.5, 0.6) is 5.75 Å². The van der Waals surface area contributed by atoms with Crippen LogP contribution < -0.4 is 16.0 Å². The van der Waals surface area contributed by atoms with E-state index in [1.165, 1.54) is 6.07 Å². The first-order chi connectivity index (χ1) is 16.6. The van der Waals surface area contributed by atoms with Crippen molar-refractivity contribution in [1.29, 1.82) is 0 Å². The number of aromatic hydroxyl groups is 1. The van der Waals surface area contributed by atoms with Gasteiger partial charge in [-0.2, -0.15) is 0 Å². The lowest BCUT2D eigenvalue weighted by molar-refractivity contribution is 0.0978. The zero-order chi connectivity index (χ0) is 25.7. The fourth-order valence-electron chi connectivity index (χ4n) is 4.07. The van der Waals surface area contributed by atoms with Crippen LogP contribution in [-0.2, 0) is 0 Å². The van der Waals surface area contributed by atoms with E-state index in [9.17, 15) is 14.7 Å². The number of nitrogens with one attached hydrogen (secondary N) is 3. The van der Waals surface area contributed by atoms with Gasteiger partial charge in [-0.15, -0.1) is 0 Å². The smallest absolute Gasteiger partial charge is 0.200 e. The molecule has 1 aliphatic rings. The molecule has 1 aliphatic carbocycles. The van der Waals surface area contributed by atoms with E-state index >= 15 is 0 Å². The molecule has 0 heterocycles. The predicted octanol–water partition coefficient (Wildman–Crippen LogP) is 2.09. The van der Waals surface area contributed by atoms with Gasteiger partial charge in [0.15, 0.2) is 11.6 Å². The highest BCUT2D eigenvalue weighted by atomic mass is 16.3. The molecule has 2 aromatic carbocycles. The molecule has 0 aromatic heterocycles. The van der Waals surface area contributed by atoms with Gasteiger partial charge in [0.1, 0.15) is 5.75 Å². The average molecular weight is 483 g/mol. The Labute approximate surface area is 208 Å². The molecule has 0 amide bonds. The molecule has 9 heteroatoms. The summed E-state index contributed by atoms with van der Waals surface area (Å²) in [5.74, 6) is -0.819. The Balaban J connectivity index is 2.08. The Hall–Kier alpha value is -3.14. The number of carbonyl (C=O) groups is 2. The Morgan fingerprint density at radius 1 is 0.571 bits per heavy atom. The van der Waals surface area contributed by atoms with Gasteiger partial charge >= 0.3 is 0 Å². The number of hydrogen-bond donors (Lipinski definition) is 4. The Kier molecular flexibility index (Phi) is 8.71. The third kappa shape index (κ3) is 6.11. The molecule has 3 rings (SSSR count). The monoisotopic (exact) mass is 482 g/mol. The van der Waals surface area contributed by atoms with Crippen LogP contribution in [-0.4, -0.2) is 113 Å². The number of anilines is 3. The maximum atomic E-state index is 14.0. The standard InChI is InChI=1S/C26H38N6O3/c1-30(2)14-11-27-17-7-8-18(28-12-15-31(3)4)22-21(17)25(34)23-19(29-13-16-32(5)6)9-10-20(33)24(23)26(22)35/h7-10,27-29,33H,11-16H2,1-6H3. The van der Waals surface area contributed by atoms with Crippen molar-refractivity contribution in [2.45, 2.75) is 0 Å². The third-order valence-electron chi connectivity index (χ3n) is 5.92. The summed E-state index contributed by atoms with van der Waals surface area (Å²) >= 11 is 0. The van der Waals surface area contributed by atoms with Gasteiger partial charge < -0.3 is 35.8 Å². The first-order valence-corrected chi connectivity index (χ1v) is 11.9. The lowest BCUT2D eigenvalue weighted by Gasteiger charge is -2.26. The van der Waals surface area contributed by atoms with Crippen LogP contribution in [0.4, 0.5) is 17.1 Å². The molecule has 0 radical (unpaired) electrons. The molecular formula is C26H38N6O3. The SMILES string of the molecule is CN(C)CCNc1ccc(O)c2c1C(=O)c1c(NCCN(C)C)ccc(NCCN(C)C)c1C2=O. The summed E-state index contributed by atoms with van der Waals surface area (Å²) in [7, 11) is 11.8. The fraction of sp³-hybridized carbons (Fsp3) is 0.462. The van der Waals surface area contributed by atoms with Crippen LogP contribution in [0.1, 0.15) is 31.8 Å². The lowest BCUT2D eigenvalue weighted by Crippen LogP contribution is -2.28. The second kappa shape index (κ2) is 11.5. The van der Waals surface area contributed by atoms with E-state index in [1.54, 1.807) is 6.07 Å². The van der Waals surface area contributed by atoms with Gasteiger partial charge in [-0.3, -0.25) is 9.59 Å². The van der Waals surface area contributed by atoms with Crippen molar-refractivity contribution in [1.82, 2.24) is 14.7 Å². The molecular weight excluding hydrogens is 444 g/mol. The molecule has 0 atom stereocenters. The quantitative estimate of drug-likeness (QED) is 0.289. The number of likely N-dealkylation sites (N-methyl/N-ethyl adjacent to an activating group) is 3. The molecule has 2 aromatic rings. The van der Waals surface area contributed by atoms with Crippen LogP contribution in [0.3, 0.4) is 0 Å². The number of rotatable bonds is 12. The zero-order valence-electron chi connectivity index (χ0n) is 21.7. The second-order valence-electron chi connectivity index (χ2n) is 9.64. The van der Waals surface area contributed by atoms with Gasteiger partial charge in [-0.25, -0.2) is 0 Å². The molecule has 0 unspecified atom stereocenters. The average Bonchev–Trinajstić information content (AvgIpc) is 2.78. The van der Waals surface area contributed by atoms with Crippen molar-refractivity contribution in [3.63, 3.8) is 0 Å². The van der Waals surface area contributed by atoms with E-state index in [2.05, 4.69) is 16.0 Å². The highest BCUT2D eigenvalue weighted by Crippen LogP contribution is 2.42. The molecule has 9 nitrogen and oxygen atoms in total. The van der Waals surface area contributed by atoms with Crippen molar-refractivity contribution in [2.75, 3.05) is 97.5 Å². The molecule has 0 saturated carbocycles. The highest BCUT2D eigenvalue weighted by Gasteiger charge is 2.37. The van der Waals surface area contributed by atoms with Gasteiger partial charge in [0, 0.05) is 56.3 Å². The van der Waals surface area contributed by atoms with E-state index < -0.39 is 0 Å². The van der Waals surface area contributed by atoms with Crippen molar-refractivity contribution in [2.24, 2.45) is 0 Å². The summed E-state index contributed by atoms with van der Waals surface area (Å²) in [6.07, 6.45) is 0. The van der Waals surface area contributed by atoms with Gasteiger partial charge in [-0.05, 0) is 66.6 Å². The summed E-state index contributed by atoms with van der Waals surface area (Å²) in [5.41, 5.74) is 2.69. The second-order valence-corrected chi connectivity index (χ2v) is 9.64. The molecule has 0 bridgehead atoms. The number of phenols is 1. The third-order valence-corrected chi connectivity index (χ3v) is 5.92. The lowest BCUT2D eigenvalue weighted by atomic mass is 9.80. The Morgan fingerprint density at radius 3 is 1.26 bits per heavy atom. The van der Waals surface area contributed by atoms with Crippen molar-refractivity contribution >= 4 is 28.6 Å². The number of carbonyl (C=O) groups excluding carboxylic acids is 2. The maximum absolute atomic E-state index is 14.0. The van der Waals surface area contributed by atoms with Crippen LogP contribution >= 0.6 is 0 Å². The number of phenolic OH excluding ortho intramolecular Hbond substituents is 1. The number of ketones is 2. The molecule has 35 heavy (non-hydrogen) atoms. The van der Waals surface area contributed by atoms with E-state index in [4.69, 9.17) is 0 Å². The largest absolute Gasteiger partial charge is 0.507 e. The summed E-state index contributed by atoms with van der Waals surface area (Å²) in [4.78, 5) is 33.9. The van der Waals surface area contributed by atoms with Crippen molar-refractivity contribution < 1.29 is 14.7 Å². The minimum Gasteiger partial charge on any atom is -0.507 e. The highest BCUT2D eigenvalue weighted by molar-refractivity contribution is 6.34. The molecule has 0 spiro atoms. The van der Waals surface area contributed by atoms with Gasteiger partial charge in [-0.1, -0.05) is 0 Å². The summed E-state index contributed by atoms with van der Waals surface area (Å²) in [6, 6.07) is 6.83. The number of benzene rings is 2. The molecule has 0 fully saturated rings. The van der Waals surface area contributed by atoms with Gasteiger partial charge in [0.05, 0.1) is 22.3 Å². The number of fused-ring (bicyclic) bond motifs is 2. The normalized spacial score (nSPS) is 12.8. The Morgan fingerprint density at radius 2 is 0.886 bits per heavy atom. The molecule has 0 aliphatic heterocycles. The van der Waals surface area contributed by atoms with Crippen LogP contribution in [0.15, 0.2) is 24.3 Å². The van der Waals surface area contributed by atoms with E-state index in [0.717, 1.165) is 19.6 Å². The number of hydrogen-bond acceptors (Lipinski definition) is 9. The molecule has 190 valence electrons. The van der Waals surface area contributed by atoms with E-state index in [1.807, 2.05) is 69.1 Å². The van der Waals surface area contributed by atoms with Crippen LogP contribution in [0, 0.1) is 0 Å². The first kappa shape index (κ1) is 26.5. The van der Waals surface area contributed by atoms with E-state index in [-0.39, 0.29) is 28.4 Å². The fourth-order valence-corrected chi connectivity index (χ4v) is 4.07. The maximum Gasteiger partial charge on any atom is 0.200 e. The topological polar surface area (TPSA) is 100 Å². The molecule has 4 N–H and O–H groups in total. The summed E-state index contributed by atoms with van der Waals surface area (Å²) < 4.78 is 0. The summed E-state index contributed by atoms with van der Waals surface area (Å²) in [6.45, 7) is 4.12. The number of nitrogens with zero attached hydrogens (tertiary/aromatic N) is 3. The van der Waals surface area contributed by atoms with Gasteiger partial charge in [0.2, 0.25) is 0 Å².